The fraction of sp³-hybridized carbons (Fsp3) is 0.552. The molecule has 3 fully saturated rings. The quantitative estimate of drug-likeness (QED) is 0.469. The van der Waals surface area contributed by atoms with Gasteiger partial charge in [0.1, 0.15) is 0 Å². The molecule has 1 saturated carbocycles. The van der Waals surface area contributed by atoms with Crippen LogP contribution in [0.2, 0.25) is 0 Å². The van der Waals surface area contributed by atoms with Gasteiger partial charge in [0.2, 0.25) is 11.5 Å². The minimum atomic E-state index is -0.761. The molecule has 0 unspecified atom stereocenters. The van der Waals surface area contributed by atoms with Crippen molar-refractivity contribution in [3.63, 3.8) is 0 Å². The van der Waals surface area contributed by atoms with Gasteiger partial charge in [-0.3, -0.25) is 4.79 Å². The van der Waals surface area contributed by atoms with Gasteiger partial charge >= 0.3 is 0 Å². The minimum absolute atomic E-state index is 0.0479. The van der Waals surface area contributed by atoms with Crippen LogP contribution in [-0.2, 0) is 23.7 Å². The molecule has 0 amide bonds. The number of carbonyl (C=O) groups is 1. The topological polar surface area (TPSA) is 109 Å². The molecule has 3 aliphatic rings. The summed E-state index contributed by atoms with van der Waals surface area (Å²) < 4.78 is 57.1. The van der Waals surface area contributed by atoms with E-state index in [-0.39, 0.29) is 32.2 Å². The first-order chi connectivity index (χ1) is 19.4. The Balaban J connectivity index is 1.26. The van der Waals surface area contributed by atoms with Crippen LogP contribution < -0.4 is 28.4 Å². The highest BCUT2D eigenvalue weighted by Crippen LogP contribution is 2.53. The fourth-order valence-corrected chi connectivity index (χ4v) is 5.80. The predicted octanol–water partition coefficient (Wildman–Crippen LogP) is 3.86. The summed E-state index contributed by atoms with van der Waals surface area (Å²) >= 11 is 0. The molecule has 2 saturated heterocycles. The minimum Gasteiger partial charge on any atom is -0.493 e. The van der Waals surface area contributed by atoms with Crippen LogP contribution in [0.5, 0.6) is 34.5 Å². The molecule has 0 aromatic heterocycles. The van der Waals surface area contributed by atoms with Gasteiger partial charge in [0.05, 0.1) is 79.9 Å². The zero-order chi connectivity index (χ0) is 28.5. The van der Waals surface area contributed by atoms with E-state index in [1.807, 2.05) is 0 Å². The lowest BCUT2D eigenvalue weighted by Gasteiger charge is -2.40. The van der Waals surface area contributed by atoms with Crippen LogP contribution in [0.1, 0.15) is 36.5 Å². The normalized spacial score (nSPS) is 28.0. The van der Waals surface area contributed by atoms with Crippen molar-refractivity contribution in [2.24, 2.45) is 10.8 Å². The summed E-state index contributed by atoms with van der Waals surface area (Å²) in [6.07, 6.45) is -0.107. The maximum absolute atomic E-state index is 13.9. The number of benzene rings is 2. The fourth-order valence-electron chi connectivity index (χ4n) is 5.80. The molecule has 11 heteroatoms. The van der Waals surface area contributed by atoms with E-state index in [0.29, 0.717) is 58.5 Å². The van der Waals surface area contributed by atoms with E-state index in [2.05, 4.69) is 0 Å². The highest BCUT2D eigenvalue weighted by atomic mass is 16.7. The molecule has 0 N–H and O–H groups in total. The van der Waals surface area contributed by atoms with Gasteiger partial charge in [0.25, 0.3) is 0 Å². The molecule has 2 aliphatic heterocycles. The molecule has 0 radical (unpaired) electrons. The molecule has 5 rings (SSSR count). The Morgan fingerprint density at radius 3 is 1.10 bits per heavy atom. The van der Waals surface area contributed by atoms with E-state index < -0.39 is 23.4 Å². The zero-order valence-corrected chi connectivity index (χ0v) is 23.7. The summed E-state index contributed by atoms with van der Waals surface area (Å²) in [7, 11) is 9.30. The summed E-state index contributed by atoms with van der Waals surface area (Å²) in [5.74, 6) is 3.01. The highest BCUT2D eigenvalue weighted by Gasteiger charge is 2.60. The largest absolute Gasteiger partial charge is 0.493 e. The number of hydrogen-bond donors (Lipinski definition) is 0. The number of ketones is 1. The molecule has 0 bridgehead atoms. The van der Waals surface area contributed by atoms with Crippen LogP contribution in [0.3, 0.4) is 0 Å². The molecule has 1 aliphatic carbocycles. The lowest BCUT2D eigenvalue weighted by Crippen LogP contribution is -2.50. The molecule has 2 aromatic rings. The van der Waals surface area contributed by atoms with Gasteiger partial charge in [-0.25, -0.2) is 0 Å². The average molecular weight is 561 g/mol. The molecule has 40 heavy (non-hydrogen) atoms. The van der Waals surface area contributed by atoms with Crippen molar-refractivity contribution in [2.45, 2.75) is 25.4 Å². The third-order valence-electron chi connectivity index (χ3n) is 8.01. The first kappa shape index (κ1) is 28.3. The first-order valence-corrected chi connectivity index (χ1v) is 13.0. The number of hydrogen-bond acceptors (Lipinski definition) is 11. The molecular formula is C29H36O11. The SMILES string of the molecule is COc1cc(C2OCC3(CCC4(COC(c5cc(OC)c(OC)c(OC)c5)OC4)C3=O)CO2)cc(OC)c1OC. The van der Waals surface area contributed by atoms with E-state index in [4.69, 9.17) is 47.4 Å². The van der Waals surface area contributed by atoms with E-state index in [0.717, 1.165) is 0 Å². The monoisotopic (exact) mass is 560 g/mol. The van der Waals surface area contributed by atoms with Crippen molar-refractivity contribution < 1.29 is 52.2 Å². The lowest BCUT2D eigenvalue weighted by molar-refractivity contribution is -0.240. The molecule has 218 valence electrons. The van der Waals surface area contributed by atoms with Crippen molar-refractivity contribution in [1.82, 2.24) is 0 Å². The van der Waals surface area contributed by atoms with Crippen molar-refractivity contribution in [1.29, 1.82) is 0 Å². The van der Waals surface area contributed by atoms with Crippen molar-refractivity contribution in [3.05, 3.63) is 35.4 Å². The van der Waals surface area contributed by atoms with Gasteiger partial charge in [0.15, 0.2) is 41.4 Å². The Morgan fingerprint density at radius 1 is 0.550 bits per heavy atom. The summed E-state index contributed by atoms with van der Waals surface area (Å²) in [6.45, 7) is 0.910. The van der Waals surface area contributed by atoms with Gasteiger partial charge in [-0.2, -0.15) is 0 Å². The first-order valence-electron chi connectivity index (χ1n) is 13.0. The second-order valence-electron chi connectivity index (χ2n) is 10.2. The second-order valence-corrected chi connectivity index (χ2v) is 10.2. The molecule has 2 aromatic carbocycles. The van der Waals surface area contributed by atoms with Crippen LogP contribution in [0.4, 0.5) is 0 Å². The van der Waals surface area contributed by atoms with E-state index in [9.17, 15) is 4.79 Å². The lowest BCUT2D eigenvalue weighted by atomic mass is 9.78. The van der Waals surface area contributed by atoms with Crippen LogP contribution in [-0.4, -0.2) is 74.9 Å². The smallest absolute Gasteiger partial charge is 0.203 e. The Kier molecular flexibility index (Phi) is 8.01. The highest BCUT2D eigenvalue weighted by molar-refractivity contribution is 5.93. The van der Waals surface area contributed by atoms with Gasteiger partial charge in [-0.05, 0) is 37.1 Å². The molecular weight excluding hydrogens is 524 g/mol. The Morgan fingerprint density at radius 2 is 0.850 bits per heavy atom. The Labute approximate surface area is 233 Å². The van der Waals surface area contributed by atoms with E-state index in [1.165, 1.54) is 0 Å². The third kappa shape index (κ3) is 4.70. The standard InChI is InChI=1S/C29H36O11/c1-31-19-9-17(10-20(32-2)23(19)35-5)25-37-13-28(14-38-25)7-8-29(27(28)30)15-39-26(40-16-29)18-11-21(33-3)24(36-6)22(12-18)34-4/h9-12,25-26H,7-8,13-16H2,1-6H3. The summed E-state index contributed by atoms with van der Waals surface area (Å²) in [6, 6.07) is 7.14. The summed E-state index contributed by atoms with van der Waals surface area (Å²) in [4.78, 5) is 13.9. The zero-order valence-electron chi connectivity index (χ0n) is 23.7. The molecule has 2 spiro atoms. The number of carbonyl (C=O) groups excluding carboxylic acids is 1. The van der Waals surface area contributed by atoms with Gasteiger partial charge in [-0.15, -0.1) is 0 Å². The van der Waals surface area contributed by atoms with Crippen LogP contribution in [0.15, 0.2) is 24.3 Å². The van der Waals surface area contributed by atoms with Crippen LogP contribution in [0, 0.1) is 10.8 Å². The number of rotatable bonds is 8. The predicted molar refractivity (Wildman–Crippen MR) is 141 cm³/mol. The van der Waals surface area contributed by atoms with Gasteiger partial charge in [-0.1, -0.05) is 0 Å². The van der Waals surface area contributed by atoms with Crippen molar-refractivity contribution >= 4 is 5.78 Å². The van der Waals surface area contributed by atoms with Crippen molar-refractivity contribution in [3.8, 4) is 34.5 Å². The maximum atomic E-state index is 13.9. The average Bonchev–Trinajstić information content (AvgIpc) is 3.26. The molecule has 11 nitrogen and oxygen atoms in total. The Bertz CT molecular complexity index is 1080. The third-order valence-corrected chi connectivity index (χ3v) is 8.01. The number of ether oxygens (including phenoxy) is 10. The summed E-state index contributed by atoms with van der Waals surface area (Å²) in [5, 5.41) is 0. The van der Waals surface area contributed by atoms with E-state index >= 15 is 0 Å². The second kappa shape index (κ2) is 11.3. The maximum Gasteiger partial charge on any atom is 0.203 e. The number of Topliss-reactive ketones (excluding diaryl/α,β-unsaturated/α-hetero) is 1. The molecule has 0 atom stereocenters. The van der Waals surface area contributed by atoms with Gasteiger partial charge < -0.3 is 47.4 Å². The number of methoxy groups -OCH3 is 6. The van der Waals surface area contributed by atoms with Crippen LogP contribution >= 0.6 is 0 Å². The van der Waals surface area contributed by atoms with E-state index in [1.54, 1.807) is 66.9 Å². The van der Waals surface area contributed by atoms with Crippen molar-refractivity contribution in [2.75, 3.05) is 69.1 Å². The summed E-state index contributed by atoms with van der Waals surface area (Å²) in [5.41, 5.74) is -0.101. The van der Waals surface area contributed by atoms with Gasteiger partial charge in [0, 0.05) is 11.1 Å². The van der Waals surface area contributed by atoms with Crippen LogP contribution in [0.25, 0.3) is 0 Å². The Hall–Kier alpha value is -3.25. The molecule has 2 heterocycles.